The SMILES string of the molecule is C/C=C/[C@H](C)[C@H]1O[C@H](c2cccc(Cl)c2)[C@@H](c2ccc(Cl)cc2)N([C@@H]2CN(c3ccccc3F)S(=O)(=O)C2)C1=O. The van der Waals surface area contributed by atoms with Gasteiger partial charge in [0.2, 0.25) is 10.0 Å². The Hall–Kier alpha value is -2.91. The average molecular weight is 604 g/mol. The van der Waals surface area contributed by atoms with Gasteiger partial charge in [0.05, 0.1) is 30.1 Å². The zero-order valence-electron chi connectivity index (χ0n) is 22.0. The number of hydrogen-bond donors (Lipinski definition) is 0. The van der Waals surface area contributed by atoms with Gasteiger partial charge in [0.1, 0.15) is 18.0 Å². The van der Waals surface area contributed by atoms with Crippen LogP contribution in [0, 0.1) is 11.7 Å². The van der Waals surface area contributed by atoms with Crippen LogP contribution in [0.15, 0.2) is 84.9 Å². The summed E-state index contributed by atoms with van der Waals surface area (Å²) in [5.41, 5.74) is 1.43. The number of rotatable bonds is 6. The van der Waals surface area contributed by atoms with Crippen LogP contribution in [0.1, 0.15) is 37.1 Å². The van der Waals surface area contributed by atoms with E-state index in [0.717, 1.165) is 15.4 Å². The van der Waals surface area contributed by atoms with E-state index in [9.17, 15) is 17.6 Å². The number of carbonyl (C=O) groups is 1. The summed E-state index contributed by atoms with van der Waals surface area (Å²) < 4.78 is 49.2. The number of ether oxygens (including phenoxy) is 1. The highest BCUT2D eigenvalue weighted by atomic mass is 35.5. The van der Waals surface area contributed by atoms with Gasteiger partial charge in [-0.3, -0.25) is 9.10 Å². The highest BCUT2D eigenvalue weighted by Gasteiger charge is 2.52. The van der Waals surface area contributed by atoms with Crippen LogP contribution in [-0.4, -0.2) is 43.7 Å². The number of amides is 1. The molecule has 210 valence electrons. The molecular formula is C30H29Cl2FN2O4S. The summed E-state index contributed by atoms with van der Waals surface area (Å²) in [5.74, 6) is -1.64. The Bertz CT molecular complexity index is 1530. The van der Waals surface area contributed by atoms with Gasteiger partial charge in [-0.2, -0.15) is 0 Å². The van der Waals surface area contributed by atoms with Crippen molar-refractivity contribution in [2.75, 3.05) is 16.6 Å². The lowest BCUT2D eigenvalue weighted by atomic mass is 9.88. The molecule has 1 amide bonds. The van der Waals surface area contributed by atoms with Crippen molar-refractivity contribution in [1.82, 2.24) is 4.90 Å². The number of anilines is 1. The predicted octanol–water partition coefficient (Wildman–Crippen LogP) is 6.57. The standard InChI is InChI=1S/C30H29Cl2FN2O4S/c1-3-7-19(2)28-30(36)35(24-17-34(40(37,38)18-24)26-11-5-4-10-25(26)33)27(20-12-14-22(31)15-13-20)29(39-28)21-8-6-9-23(32)16-21/h3-16,19,24,27-29H,17-18H2,1-2H3/b7-3+/t19-,24+,27+,28+,29+/m0/s1. The van der Waals surface area contributed by atoms with Crippen LogP contribution in [0.4, 0.5) is 10.1 Å². The molecule has 0 spiro atoms. The number of para-hydroxylation sites is 1. The normalized spacial score (nSPS) is 25.5. The Balaban J connectivity index is 1.66. The Morgan fingerprint density at radius 1 is 1.00 bits per heavy atom. The minimum Gasteiger partial charge on any atom is -0.357 e. The quantitative estimate of drug-likeness (QED) is 0.299. The summed E-state index contributed by atoms with van der Waals surface area (Å²) in [6.07, 6.45) is 2.19. The molecule has 0 bridgehead atoms. The maximum atomic E-state index is 14.7. The smallest absolute Gasteiger partial charge is 0.253 e. The number of carbonyl (C=O) groups excluding carboxylic acids is 1. The zero-order valence-corrected chi connectivity index (χ0v) is 24.3. The van der Waals surface area contributed by atoms with Gasteiger partial charge in [0.25, 0.3) is 5.91 Å². The van der Waals surface area contributed by atoms with Crippen molar-refractivity contribution >= 4 is 44.8 Å². The Kier molecular flexibility index (Phi) is 8.25. The van der Waals surface area contributed by atoms with Crippen molar-refractivity contribution in [3.63, 3.8) is 0 Å². The van der Waals surface area contributed by atoms with Crippen molar-refractivity contribution in [3.05, 3.63) is 112 Å². The average Bonchev–Trinajstić information content (AvgIpc) is 3.23. The summed E-state index contributed by atoms with van der Waals surface area (Å²) in [6, 6.07) is 18.6. The first-order valence-electron chi connectivity index (χ1n) is 13.0. The molecule has 0 saturated carbocycles. The summed E-state index contributed by atoms with van der Waals surface area (Å²) in [6.45, 7) is 3.66. The third-order valence-corrected chi connectivity index (χ3v) is 9.68. The van der Waals surface area contributed by atoms with Crippen LogP contribution >= 0.6 is 23.2 Å². The molecule has 0 N–H and O–H groups in total. The third kappa shape index (κ3) is 5.50. The molecule has 40 heavy (non-hydrogen) atoms. The fraction of sp³-hybridized carbons (Fsp3) is 0.300. The van der Waals surface area contributed by atoms with Gasteiger partial charge >= 0.3 is 0 Å². The van der Waals surface area contributed by atoms with Crippen LogP contribution < -0.4 is 4.31 Å². The van der Waals surface area contributed by atoms with E-state index in [-0.39, 0.29) is 29.8 Å². The van der Waals surface area contributed by atoms with Gasteiger partial charge in [0, 0.05) is 16.0 Å². The summed E-state index contributed by atoms with van der Waals surface area (Å²) in [5, 5.41) is 1.03. The van der Waals surface area contributed by atoms with Gasteiger partial charge in [0.15, 0.2) is 0 Å². The number of halogens is 3. The van der Waals surface area contributed by atoms with E-state index in [0.29, 0.717) is 10.0 Å². The van der Waals surface area contributed by atoms with Gasteiger partial charge in [-0.05, 0) is 54.4 Å². The second-order valence-electron chi connectivity index (χ2n) is 10.1. The predicted molar refractivity (Wildman–Crippen MR) is 155 cm³/mol. The van der Waals surface area contributed by atoms with E-state index >= 15 is 0 Å². The first-order chi connectivity index (χ1) is 19.1. The lowest BCUT2D eigenvalue weighted by molar-refractivity contribution is -0.182. The first-order valence-corrected chi connectivity index (χ1v) is 15.3. The molecule has 5 rings (SSSR count). The minimum atomic E-state index is -3.93. The monoisotopic (exact) mass is 602 g/mol. The topological polar surface area (TPSA) is 66.9 Å². The number of hydrogen-bond acceptors (Lipinski definition) is 4. The number of allylic oxidation sites excluding steroid dienone is 1. The van der Waals surface area contributed by atoms with E-state index in [2.05, 4.69) is 0 Å². The lowest BCUT2D eigenvalue weighted by Gasteiger charge is -2.48. The van der Waals surface area contributed by atoms with Crippen molar-refractivity contribution in [2.45, 2.75) is 38.1 Å². The molecule has 0 radical (unpaired) electrons. The third-order valence-electron chi connectivity index (χ3n) is 7.37. The largest absolute Gasteiger partial charge is 0.357 e. The number of benzene rings is 3. The van der Waals surface area contributed by atoms with Gasteiger partial charge in [-0.25, -0.2) is 12.8 Å². The molecule has 3 aromatic carbocycles. The van der Waals surface area contributed by atoms with Crippen LogP contribution in [0.25, 0.3) is 0 Å². The number of sulfonamides is 1. The highest BCUT2D eigenvalue weighted by Crippen LogP contribution is 2.46. The molecule has 10 heteroatoms. The Labute approximate surface area is 244 Å². The molecular weight excluding hydrogens is 574 g/mol. The fourth-order valence-electron chi connectivity index (χ4n) is 5.58. The molecule has 3 aromatic rings. The molecule has 2 heterocycles. The maximum absolute atomic E-state index is 14.7. The van der Waals surface area contributed by atoms with E-state index in [4.69, 9.17) is 27.9 Å². The first kappa shape index (κ1) is 28.6. The molecule has 6 nitrogen and oxygen atoms in total. The van der Waals surface area contributed by atoms with E-state index in [1.54, 1.807) is 35.2 Å². The van der Waals surface area contributed by atoms with E-state index in [1.807, 2.05) is 50.3 Å². The van der Waals surface area contributed by atoms with E-state index < -0.39 is 40.1 Å². The van der Waals surface area contributed by atoms with Gasteiger partial charge < -0.3 is 9.64 Å². The summed E-state index contributed by atoms with van der Waals surface area (Å²) in [4.78, 5) is 15.9. The van der Waals surface area contributed by atoms with Crippen molar-refractivity contribution in [2.24, 2.45) is 5.92 Å². The molecule has 2 aliphatic heterocycles. The van der Waals surface area contributed by atoms with Crippen molar-refractivity contribution in [3.8, 4) is 0 Å². The molecule has 0 aromatic heterocycles. The number of nitrogens with zero attached hydrogens (tertiary/aromatic N) is 2. The van der Waals surface area contributed by atoms with Crippen molar-refractivity contribution in [1.29, 1.82) is 0 Å². The lowest BCUT2D eigenvalue weighted by Crippen LogP contribution is -2.57. The van der Waals surface area contributed by atoms with Crippen LogP contribution in [0.2, 0.25) is 10.0 Å². The fourth-order valence-corrected chi connectivity index (χ4v) is 7.69. The second kappa shape index (κ2) is 11.5. The van der Waals surface area contributed by atoms with Crippen LogP contribution in [0.3, 0.4) is 0 Å². The minimum absolute atomic E-state index is 0.0426. The molecule has 2 aliphatic rings. The van der Waals surface area contributed by atoms with Gasteiger partial charge in [-0.15, -0.1) is 0 Å². The molecule has 2 fully saturated rings. The molecule has 5 atom stereocenters. The number of morpholine rings is 1. The van der Waals surface area contributed by atoms with Gasteiger partial charge in [-0.1, -0.05) is 78.7 Å². The summed E-state index contributed by atoms with van der Waals surface area (Å²) in [7, 11) is -3.93. The van der Waals surface area contributed by atoms with Crippen molar-refractivity contribution < 1.29 is 22.3 Å². The molecule has 0 aliphatic carbocycles. The maximum Gasteiger partial charge on any atom is 0.253 e. The van der Waals surface area contributed by atoms with E-state index in [1.165, 1.54) is 18.2 Å². The Morgan fingerprint density at radius 2 is 1.73 bits per heavy atom. The Morgan fingerprint density at radius 3 is 2.40 bits per heavy atom. The molecule has 2 saturated heterocycles. The van der Waals surface area contributed by atoms with Crippen LogP contribution in [0.5, 0.6) is 0 Å². The summed E-state index contributed by atoms with van der Waals surface area (Å²) >= 11 is 12.6. The second-order valence-corrected chi connectivity index (χ2v) is 12.9. The zero-order chi connectivity index (χ0) is 28.6. The van der Waals surface area contributed by atoms with Crippen LogP contribution in [-0.2, 0) is 19.6 Å². The molecule has 0 unspecified atom stereocenters. The highest BCUT2D eigenvalue weighted by molar-refractivity contribution is 7.93.